The minimum absolute atomic E-state index is 0.229. The van der Waals surface area contributed by atoms with Crippen LogP contribution in [0.5, 0.6) is 5.88 Å². The van der Waals surface area contributed by atoms with Crippen molar-refractivity contribution in [1.29, 1.82) is 0 Å². The first-order valence-corrected chi connectivity index (χ1v) is 13.0. The number of carbonyl (C=O) groups is 2. The van der Waals surface area contributed by atoms with Gasteiger partial charge in [-0.25, -0.2) is 9.59 Å². The molecule has 1 aromatic carbocycles. The average Bonchev–Trinajstić information content (AvgIpc) is 3.34. The molecule has 2 aromatic rings. The van der Waals surface area contributed by atoms with E-state index in [-0.39, 0.29) is 12.0 Å². The molecule has 0 amide bonds. The molecule has 1 aromatic heterocycles. The van der Waals surface area contributed by atoms with E-state index in [1.165, 1.54) is 37.7 Å². The molecule has 3 aliphatic rings. The van der Waals surface area contributed by atoms with E-state index in [1.54, 1.807) is 0 Å². The maximum Gasteiger partial charge on any atom is 0.335 e. The zero-order chi connectivity index (χ0) is 27.1. The first-order chi connectivity index (χ1) is 17.6. The molecule has 0 saturated carbocycles. The van der Waals surface area contributed by atoms with Gasteiger partial charge in [-0.15, -0.1) is 4.37 Å². The van der Waals surface area contributed by atoms with Crippen molar-refractivity contribution in [1.82, 2.24) is 13.6 Å². The minimum Gasteiger partial charge on any atom is -0.479 e. The smallest absolute Gasteiger partial charge is 0.335 e. The van der Waals surface area contributed by atoms with Gasteiger partial charge in [0.05, 0.1) is 11.7 Å². The molecule has 0 aliphatic carbocycles. The summed E-state index contributed by atoms with van der Waals surface area (Å²) in [6.45, 7) is 7.74. The molecule has 4 heterocycles. The fourth-order valence-corrected chi connectivity index (χ4v) is 4.96. The molecule has 10 nitrogen and oxygen atoms in total. The summed E-state index contributed by atoms with van der Waals surface area (Å²) < 4.78 is 15.4. The molecule has 200 valence electrons. The zero-order valence-electron chi connectivity index (χ0n) is 20.5. The van der Waals surface area contributed by atoms with Gasteiger partial charge in [0, 0.05) is 29.0 Å². The van der Waals surface area contributed by atoms with Crippen molar-refractivity contribution in [2.45, 2.75) is 50.9 Å². The van der Waals surface area contributed by atoms with Crippen molar-refractivity contribution in [2.24, 2.45) is 11.8 Å². The van der Waals surface area contributed by atoms with E-state index in [0.29, 0.717) is 22.7 Å². The van der Waals surface area contributed by atoms with Gasteiger partial charge >= 0.3 is 11.9 Å². The van der Waals surface area contributed by atoms with Crippen LogP contribution < -0.4 is 4.74 Å². The van der Waals surface area contributed by atoms with Crippen molar-refractivity contribution < 1.29 is 34.8 Å². The molecule has 0 spiro atoms. The van der Waals surface area contributed by atoms with Gasteiger partial charge in [-0.2, -0.15) is 4.37 Å². The highest BCUT2D eigenvalue weighted by Gasteiger charge is 2.38. The lowest BCUT2D eigenvalue weighted by molar-refractivity contribution is -0.165. The molecular weight excluding hydrogens is 522 g/mol. The SMILES string of the molecule is CC(C)C(C#Cc1cccc(Cl)c1)Oc1nsnc1[C@@H]1CN2CCC1CC2.O=C(O)C(O)C(O)C(=O)O. The Labute approximate surface area is 224 Å². The number of carboxylic acids is 2. The average molecular weight is 552 g/mol. The van der Waals surface area contributed by atoms with Crippen molar-refractivity contribution in [2.75, 3.05) is 19.6 Å². The Morgan fingerprint density at radius 1 is 1.14 bits per heavy atom. The number of aliphatic carboxylic acids is 2. The molecule has 3 saturated heterocycles. The molecule has 12 heteroatoms. The van der Waals surface area contributed by atoms with Gasteiger partial charge in [0.1, 0.15) is 5.69 Å². The van der Waals surface area contributed by atoms with Gasteiger partial charge in [-0.1, -0.05) is 43.4 Å². The van der Waals surface area contributed by atoms with Gasteiger partial charge in [0.25, 0.3) is 5.88 Å². The van der Waals surface area contributed by atoms with Crippen molar-refractivity contribution in [3.05, 3.63) is 40.5 Å². The molecule has 3 aliphatic heterocycles. The van der Waals surface area contributed by atoms with Crippen LogP contribution in [0.4, 0.5) is 0 Å². The zero-order valence-corrected chi connectivity index (χ0v) is 22.0. The molecule has 37 heavy (non-hydrogen) atoms. The van der Waals surface area contributed by atoms with Gasteiger partial charge in [-0.05, 0) is 50.0 Å². The third kappa shape index (κ3) is 7.87. The van der Waals surface area contributed by atoms with Crippen molar-refractivity contribution >= 4 is 35.3 Å². The number of hydrogen-bond acceptors (Lipinski definition) is 9. The maximum atomic E-state index is 9.77. The standard InChI is InChI=1S/C21H24ClN3OS.C4H6O6/c1-14(2)19(7-6-15-4-3-5-17(22)12-15)26-21-20(23-27-24-21)18-13-25-10-8-16(18)9-11-25;5-1(3(7)8)2(6)4(9)10/h3-5,12,14,16,18-19H,8-11,13H2,1-2H3;1-2,5-6H,(H,7,8)(H,9,10)/t18-,19?;/m1./s1. The number of carboxylic acid groups (broad SMARTS) is 2. The number of halogens is 1. The van der Waals surface area contributed by atoms with Crippen LogP contribution in [-0.2, 0) is 9.59 Å². The first-order valence-electron chi connectivity index (χ1n) is 11.9. The topological polar surface area (TPSA) is 153 Å². The van der Waals surface area contributed by atoms with Crippen molar-refractivity contribution in [3.63, 3.8) is 0 Å². The number of ether oxygens (including phenoxy) is 1. The fraction of sp³-hybridized carbons (Fsp3) is 0.520. The van der Waals surface area contributed by atoms with Crippen LogP contribution >= 0.6 is 23.3 Å². The van der Waals surface area contributed by atoms with E-state index in [4.69, 9.17) is 36.8 Å². The van der Waals surface area contributed by atoms with E-state index >= 15 is 0 Å². The van der Waals surface area contributed by atoms with Gasteiger partial charge in [-0.3, -0.25) is 0 Å². The summed E-state index contributed by atoms with van der Waals surface area (Å²) in [6, 6.07) is 7.59. The van der Waals surface area contributed by atoms with E-state index in [2.05, 4.69) is 39.3 Å². The van der Waals surface area contributed by atoms with Gasteiger partial charge < -0.3 is 30.1 Å². The number of piperidine rings is 3. The molecule has 5 rings (SSSR count). The van der Waals surface area contributed by atoms with Crippen LogP contribution in [0.1, 0.15) is 43.9 Å². The number of aromatic nitrogens is 2. The predicted molar refractivity (Wildman–Crippen MR) is 137 cm³/mol. The van der Waals surface area contributed by atoms with E-state index < -0.39 is 24.1 Å². The second-order valence-electron chi connectivity index (χ2n) is 9.33. The third-order valence-corrected chi connectivity index (χ3v) is 7.08. The van der Waals surface area contributed by atoms with Crippen LogP contribution in [0, 0.1) is 23.7 Å². The minimum atomic E-state index is -2.27. The van der Waals surface area contributed by atoms with Gasteiger partial charge in [0.15, 0.2) is 18.3 Å². The van der Waals surface area contributed by atoms with Crippen LogP contribution in [-0.4, -0.2) is 84.0 Å². The van der Waals surface area contributed by atoms with Crippen LogP contribution in [0.25, 0.3) is 0 Å². The number of hydrogen-bond donors (Lipinski definition) is 4. The third-order valence-electron chi connectivity index (χ3n) is 6.32. The highest BCUT2D eigenvalue weighted by atomic mass is 35.5. The summed E-state index contributed by atoms with van der Waals surface area (Å²) in [7, 11) is 0. The fourth-order valence-electron chi connectivity index (χ4n) is 4.21. The number of benzene rings is 1. The van der Waals surface area contributed by atoms with E-state index in [9.17, 15) is 9.59 Å². The lowest BCUT2D eigenvalue weighted by Gasteiger charge is -2.44. The second kappa shape index (κ2) is 13.2. The quantitative estimate of drug-likeness (QED) is 0.377. The van der Waals surface area contributed by atoms with Gasteiger partial charge in [0.2, 0.25) is 0 Å². The number of aliphatic hydroxyl groups excluding tert-OH is 2. The predicted octanol–water partition coefficient (Wildman–Crippen LogP) is 2.33. The summed E-state index contributed by atoms with van der Waals surface area (Å²) in [5.41, 5.74) is 1.93. The number of rotatable bonds is 7. The summed E-state index contributed by atoms with van der Waals surface area (Å²) in [6.07, 6.45) is -2.25. The van der Waals surface area contributed by atoms with Crippen molar-refractivity contribution in [3.8, 4) is 17.7 Å². The highest BCUT2D eigenvalue weighted by molar-refractivity contribution is 6.99. The molecule has 0 radical (unpaired) electrons. The summed E-state index contributed by atoms with van der Waals surface area (Å²) >= 11 is 7.30. The Morgan fingerprint density at radius 3 is 2.30 bits per heavy atom. The number of nitrogens with zero attached hydrogens (tertiary/aromatic N) is 3. The Morgan fingerprint density at radius 2 is 1.78 bits per heavy atom. The molecule has 4 N–H and O–H groups in total. The van der Waals surface area contributed by atoms with Crippen LogP contribution in [0.2, 0.25) is 5.02 Å². The monoisotopic (exact) mass is 551 g/mol. The summed E-state index contributed by atoms with van der Waals surface area (Å²) in [5.74, 6) is 4.99. The summed E-state index contributed by atoms with van der Waals surface area (Å²) in [5, 5.41) is 33.2. The highest BCUT2D eigenvalue weighted by Crippen LogP contribution is 2.41. The Hall–Kier alpha value is -2.75. The molecule has 4 atom stereocenters. The molecular formula is C25H30ClN3O7S. The molecule has 3 fully saturated rings. The Kier molecular flexibility index (Phi) is 10.3. The number of fused-ring (bicyclic) bond motifs is 3. The Balaban J connectivity index is 0.000000325. The van der Waals surface area contributed by atoms with E-state index in [0.717, 1.165) is 17.8 Å². The number of aliphatic hydroxyl groups is 2. The normalized spacial score (nSPS) is 22.6. The second-order valence-corrected chi connectivity index (χ2v) is 10.3. The maximum absolute atomic E-state index is 9.77. The lowest BCUT2D eigenvalue weighted by atomic mass is 9.77. The van der Waals surface area contributed by atoms with Crippen LogP contribution in [0.3, 0.4) is 0 Å². The molecule has 2 bridgehead atoms. The first kappa shape index (κ1) is 28.8. The Bertz CT molecular complexity index is 1120. The molecule has 3 unspecified atom stereocenters. The summed E-state index contributed by atoms with van der Waals surface area (Å²) in [4.78, 5) is 22.1. The largest absolute Gasteiger partial charge is 0.479 e. The van der Waals surface area contributed by atoms with E-state index in [1.807, 2.05) is 24.3 Å². The van der Waals surface area contributed by atoms with Crippen LogP contribution in [0.15, 0.2) is 24.3 Å². The lowest BCUT2D eigenvalue weighted by Crippen LogP contribution is -2.46.